The maximum atomic E-state index is 11.8. The third-order valence-corrected chi connectivity index (χ3v) is 3.65. The van der Waals surface area contributed by atoms with E-state index in [2.05, 4.69) is 13.8 Å². The van der Waals surface area contributed by atoms with Gasteiger partial charge in [-0.1, -0.05) is 13.8 Å². The van der Waals surface area contributed by atoms with Gasteiger partial charge in [-0.05, 0) is 5.92 Å². The third kappa shape index (κ3) is 21.7. The molecule has 1 amide bonds. The van der Waals surface area contributed by atoms with Gasteiger partial charge in [0.15, 0.2) is 0 Å². The zero-order chi connectivity index (χ0) is 21.6. The fourth-order valence-corrected chi connectivity index (χ4v) is 2.28. The van der Waals surface area contributed by atoms with Gasteiger partial charge in [0.05, 0.1) is 85.7 Å². The Morgan fingerprint density at radius 1 is 0.690 bits per heavy atom. The van der Waals surface area contributed by atoms with Crippen molar-refractivity contribution in [2.24, 2.45) is 11.7 Å². The Bertz CT molecular complexity index is 360. The van der Waals surface area contributed by atoms with Gasteiger partial charge >= 0.3 is 0 Å². The summed E-state index contributed by atoms with van der Waals surface area (Å²) < 4.78 is 32.2. The predicted octanol–water partition coefficient (Wildman–Crippen LogP) is 0.549. The molecular weight excluding hydrogens is 380 g/mol. The van der Waals surface area contributed by atoms with Gasteiger partial charge in [-0.15, -0.1) is 0 Å². The Kier molecular flexibility index (Phi) is 21.3. The molecule has 0 saturated carbocycles. The van der Waals surface area contributed by atoms with Crippen molar-refractivity contribution in [3.8, 4) is 0 Å². The predicted molar refractivity (Wildman–Crippen MR) is 111 cm³/mol. The molecule has 0 atom stereocenters. The van der Waals surface area contributed by atoms with Crippen molar-refractivity contribution >= 4 is 5.91 Å². The highest BCUT2D eigenvalue weighted by atomic mass is 16.6. The first-order chi connectivity index (χ1) is 14.1. The summed E-state index contributed by atoms with van der Waals surface area (Å²) in [7, 11) is 1.83. The molecule has 0 aliphatic rings. The molecule has 0 aromatic rings. The van der Waals surface area contributed by atoms with Gasteiger partial charge in [-0.2, -0.15) is 0 Å². The second-order valence-corrected chi connectivity index (χ2v) is 6.88. The van der Waals surface area contributed by atoms with Gasteiger partial charge in [-0.3, -0.25) is 4.79 Å². The Balaban J connectivity index is 3.16. The summed E-state index contributed by atoms with van der Waals surface area (Å²) in [6, 6.07) is 0. The fourth-order valence-electron chi connectivity index (χ4n) is 2.28. The van der Waals surface area contributed by atoms with E-state index in [0.717, 1.165) is 6.54 Å². The summed E-state index contributed by atoms with van der Waals surface area (Å²) in [6.45, 7) is 11.7. The van der Waals surface area contributed by atoms with Crippen LogP contribution < -0.4 is 5.73 Å². The minimum Gasteiger partial charge on any atom is -0.379 e. The van der Waals surface area contributed by atoms with Crippen molar-refractivity contribution in [3.63, 3.8) is 0 Å². The van der Waals surface area contributed by atoms with Crippen LogP contribution in [0.4, 0.5) is 0 Å². The van der Waals surface area contributed by atoms with E-state index < -0.39 is 0 Å². The van der Waals surface area contributed by atoms with Crippen LogP contribution in [0.5, 0.6) is 0 Å². The highest BCUT2D eigenvalue weighted by molar-refractivity contribution is 5.75. The first-order valence-electron chi connectivity index (χ1n) is 10.5. The number of hydrogen-bond acceptors (Lipinski definition) is 8. The standard InChI is InChI=1S/C20H42N2O7/c1-19(2)18-22(3)20(23)4-6-24-8-10-26-12-14-28-16-17-29-15-13-27-11-9-25-7-5-21/h19H,4-18,21H2,1-3H3. The zero-order valence-corrected chi connectivity index (χ0v) is 18.6. The molecule has 0 saturated heterocycles. The van der Waals surface area contributed by atoms with Crippen LogP contribution >= 0.6 is 0 Å². The van der Waals surface area contributed by atoms with Crippen LogP contribution in [0.3, 0.4) is 0 Å². The minimum absolute atomic E-state index is 0.110. The molecule has 9 nitrogen and oxygen atoms in total. The summed E-state index contributed by atoms with van der Waals surface area (Å²) >= 11 is 0. The summed E-state index contributed by atoms with van der Waals surface area (Å²) in [4.78, 5) is 13.6. The van der Waals surface area contributed by atoms with Crippen LogP contribution in [-0.4, -0.2) is 110 Å². The van der Waals surface area contributed by atoms with Gasteiger partial charge < -0.3 is 39.1 Å². The number of hydrogen-bond donors (Lipinski definition) is 1. The molecule has 0 bridgehead atoms. The Morgan fingerprint density at radius 3 is 1.38 bits per heavy atom. The fraction of sp³-hybridized carbons (Fsp3) is 0.950. The number of ether oxygens (including phenoxy) is 6. The molecule has 0 heterocycles. The molecule has 0 rings (SSSR count). The third-order valence-electron chi connectivity index (χ3n) is 3.65. The number of amides is 1. The van der Waals surface area contributed by atoms with Crippen LogP contribution in [0, 0.1) is 5.92 Å². The number of nitrogens with zero attached hydrogens (tertiary/aromatic N) is 1. The van der Waals surface area contributed by atoms with Crippen molar-refractivity contribution in [3.05, 3.63) is 0 Å². The highest BCUT2D eigenvalue weighted by Crippen LogP contribution is 1.98. The van der Waals surface area contributed by atoms with Crippen molar-refractivity contribution in [1.29, 1.82) is 0 Å². The molecule has 2 N–H and O–H groups in total. The Morgan fingerprint density at radius 2 is 1.03 bits per heavy atom. The van der Waals surface area contributed by atoms with Crippen LogP contribution in [0.25, 0.3) is 0 Å². The number of carbonyl (C=O) groups is 1. The molecule has 9 heteroatoms. The van der Waals surface area contributed by atoms with Gasteiger partial charge in [0.1, 0.15) is 0 Å². The van der Waals surface area contributed by atoms with E-state index >= 15 is 0 Å². The molecule has 174 valence electrons. The monoisotopic (exact) mass is 422 g/mol. The number of nitrogens with two attached hydrogens (primary N) is 1. The van der Waals surface area contributed by atoms with E-state index in [1.54, 1.807) is 4.90 Å². The van der Waals surface area contributed by atoms with Crippen LogP contribution in [0.1, 0.15) is 20.3 Å². The minimum atomic E-state index is 0.110. The lowest BCUT2D eigenvalue weighted by molar-refractivity contribution is -0.131. The first-order valence-corrected chi connectivity index (χ1v) is 10.5. The van der Waals surface area contributed by atoms with Crippen molar-refractivity contribution in [2.75, 3.05) is 99.4 Å². The first kappa shape index (κ1) is 28.2. The molecule has 0 aliphatic carbocycles. The summed E-state index contributed by atoms with van der Waals surface area (Å²) in [5.74, 6) is 0.580. The van der Waals surface area contributed by atoms with Gasteiger partial charge in [-0.25, -0.2) is 0 Å². The maximum absolute atomic E-state index is 11.8. The van der Waals surface area contributed by atoms with Crippen molar-refractivity contribution in [2.45, 2.75) is 20.3 Å². The summed E-state index contributed by atoms with van der Waals surface area (Å²) in [5.41, 5.74) is 5.31. The van der Waals surface area contributed by atoms with Crippen LogP contribution in [0.15, 0.2) is 0 Å². The topological polar surface area (TPSA) is 102 Å². The number of carbonyl (C=O) groups excluding carboxylic acids is 1. The Labute approximate surface area is 176 Å². The molecule has 0 aliphatic heterocycles. The molecular formula is C20H42N2O7. The average Bonchev–Trinajstić information content (AvgIpc) is 2.69. The molecule has 0 radical (unpaired) electrons. The second kappa shape index (κ2) is 21.9. The second-order valence-electron chi connectivity index (χ2n) is 6.88. The molecule has 0 aromatic heterocycles. The van der Waals surface area contributed by atoms with E-state index in [-0.39, 0.29) is 5.91 Å². The lowest BCUT2D eigenvalue weighted by atomic mass is 10.2. The van der Waals surface area contributed by atoms with E-state index in [4.69, 9.17) is 34.2 Å². The maximum Gasteiger partial charge on any atom is 0.224 e. The molecule has 0 fully saturated rings. The molecule has 0 aromatic carbocycles. The van der Waals surface area contributed by atoms with Crippen LogP contribution in [0.2, 0.25) is 0 Å². The van der Waals surface area contributed by atoms with Gasteiger partial charge in [0.2, 0.25) is 5.91 Å². The largest absolute Gasteiger partial charge is 0.379 e. The van der Waals surface area contributed by atoms with Crippen molar-refractivity contribution < 1.29 is 33.2 Å². The smallest absolute Gasteiger partial charge is 0.224 e. The number of rotatable bonds is 22. The Hall–Kier alpha value is -0.810. The zero-order valence-electron chi connectivity index (χ0n) is 18.6. The lowest BCUT2D eigenvalue weighted by Gasteiger charge is -2.19. The van der Waals surface area contributed by atoms with Crippen molar-refractivity contribution in [1.82, 2.24) is 4.90 Å². The van der Waals surface area contributed by atoms with E-state index in [1.807, 2.05) is 7.05 Å². The van der Waals surface area contributed by atoms with Gasteiger partial charge in [0, 0.05) is 20.1 Å². The van der Waals surface area contributed by atoms with E-state index in [9.17, 15) is 4.79 Å². The summed E-state index contributed by atoms with van der Waals surface area (Å²) in [5, 5.41) is 0. The van der Waals surface area contributed by atoms with E-state index in [1.165, 1.54) is 0 Å². The molecule has 29 heavy (non-hydrogen) atoms. The summed E-state index contributed by atoms with van der Waals surface area (Å²) in [6.07, 6.45) is 0.402. The van der Waals surface area contributed by atoms with Gasteiger partial charge in [0.25, 0.3) is 0 Å². The molecule has 0 spiro atoms. The SMILES string of the molecule is CC(C)CN(C)C(=O)CCOCCOCCOCCOCCOCCOCCN. The average molecular weight is 423 g/mol. The van der Waals surface area contributed by atoms with E-state index in [0.29, 0.717) is 98.2 Å². The highest BCUT2D eigenvalue weighted by Gasteiger charge is 2.09. The lowest BCUT2D eigenvalue weighted by Crippen LogP contribution is -2.31. The quantitative estimate of drug-likeness (QED) is 0.252. The van der Waals surface area contributed by atoms with Crippen LogP contribution in [-0.2, 0) is 33.2 Å². The normalized spacial score (nSPS) is 11.3. The molecule has 0 unspecified atom stereocenters.